The van der Waals surface area contributed by atoms with Crippen LogP contribution in [0.4, 0.5) is 4.39 Å². The fourth-order valence-electron chi connectivity index (χ4n) is 3.91. The van der Waals surface area contributed by atoms with E-state index < -0.39 is 0 Å². The Kier molecular flexibility index (Phi) is 6.99. The summed E-state index contributed by atoms with van der Waals surface area (Å²) in [5.41, 5.74) is 1.81. The van der Waals surface area contributed by atoms with Gasteiger partial charge < -0.3 is 9.80 Å². The number of likely N-dealkylation sites (tertiary alicyclic amines) is 1. The second-order valence-electron chi connectivity index (χ2n) is 7.40. The zero-order valence-corrected chi connectivity index (χ0v) is 16.1. The predicted molar refractivity (Wildman–Crippen MR) is 107 cm³/mol. The van der Waals surface area contributed by atoms with E-state index >= 15 is 0 Å². The molecular formula is C23H29FN2O. The van der Waals surface area contributed by atoms with E-state index in [-0.39, 0.29) is 11.7 Å². The van der Waals surface area contributed by atoms with E-state index in [9.17, 15) is 9.18 Å². The Morgan fingerprint density at radius 2 is 2.00 bits per heavy atom. The van der Waals surface area contributed by atoms with Crippen molar-refractivity contribution in [2.75, 3.05) is 32.7 Å². The molecule has 1 aliphatic heterocycles. The van der Waals surface area contributed by atoms with Crippen molar-refractivity contribution in [3.63, 3.8) is 0 Å². The van der Waals surface area contributed by atoms with Crippen LogP contribution < -0.4 is 0 Å². The molecule has 3 nitrogen and oxygen atoms in total. The summed E-state index contributed by atoms with van der Waals surface area (Å²) in [7, 11) is 0. The van der Waals surface area contributed by atoms with Crippen LogP contribution in [0.1, 0.15) is 35.7 Å². The maximum absolute atomic E-state index is 13.3. The Morgan fingerprint density at radius 1 is 1.19 bits per heavy atom. The van der Waals surface area contributed by atoms with E-state index in [0.29, 0.717) is 5.92 Å². The number of hydrogen-bond acceptors (Lipinski definition) is 2. The lowest BCUT2D eigenvalue weighted by Crippen LogP contribution is -2.43. The molecule has 2 aromatic carbocycles. The minimum absolute atomic E-state index is 0.120. The molecule has 1 saturated heterocycles. The number of amides is 1. The quantitative estimate of drug-likeness (QED) is 0.730. The standard InChI is InChI=1S/C23H29FN2O/c1-2-26(23(27)21-10-4-3-5-11-21)18-20-9-7-14-25(17-20)15-13-19-8-6-12-22(24)16-19/h3-6,8,10-12,16,20H,2,7,9,13-15,17-18H2,1H3/t20-/m1/s1. The van der Waals surface area contributed by atoms with Gasteiger partial charge in [-0.2, -0.15) is 0 Å². The molecule has 0 saturated carbocycles. The lowest BCUT2D eigenvalue weighted by Gasteiger charge is -2.35. The molecule has 0 spiro atoms. The molecule has 1 heterocycles. The largest absolute Gasteiger partial charge is 0.339 e. The Labute approximate surface area is 161 Å². The van der Waals surface area contributed by atoms with Crippen molar-refractivity contribution in [1.29, 1.82) is 0 Å². The molecule has 1 aliphatic rings. The van der Waals surface area contributed by atoms with Crippen molar-refractivity contribution in [2.45, 2.75) is 26.2 Å². The number of carbonyl (C=O) groups excluding carboxylic acids is 1. The normalized spacial score (nSPS) is 17.6. The van der Waals surface area contributed by atoms with Gasteiger partial charge in [0, 0.05) is 31.7 Å². The second kappa shape index (κ2) is 9.65. The summed E-state index contributed by atoms with van der Waals surface area (Å²) in [5.74, 6) is 0.455. The monoisotopic (exact) mass is 368 g/mol. The van der Waals surface area contributed by atoms with Crippen LogP contribution in [0.5, 0.6) is 0 Å². The van der Waals surface area contributed by atoms with Gasteiger partial charge in [-0.15, -0.1) is 0 Å². The molecule has 1 fully saturated rings. The summed E-state index contributed by atoms with van der Waals surface area (Å²) in [6, 6.07) is 16.4. The molecule has 27 heavy (non-hydrogen) atoms. The average Bonchev–Trinajstić information content (AvgIpc) is 2.71. The van der Waals surface area contributed by atoms with Gasteiger partial charge >= 0.3 is 0 Å². The van der Waals surface area contributed by atoms with E-state index in [1.165, 1.54) is 6.07 Å². The Bertz CT molecular complexity index is 734. The van der Waals surface area contributed by atoms with Gasteiger partial charge in [-0.05, 0) is 68.5 Å². The van der Waals surface area contributed by atoms with E-state index in [1.807, 2.05) is 48.2 Å². The van der Waals surface area contributed by atoms with E-state index in [1.54, 1.807) is 12.1 Å². The number of hydrogen-bond donors (Lipinski definition) is 0. The van der Waals surface area contributed by atoms with Crippen LogP contribution in [0.25, 0.3) is 0 Å². The van der Waals surface area contributed by atoms with Crippen molar-refractivity contribution in [2.24, 2.45) is 5.92 Å². The summed E-state index contributed by atoms with van der Waals surface area (Å²) in [5, 5.41) is 0. The van der Waals surface area contributed by atoms with Gasteiger partial charge in [-0.1, -0.05) is 30.3 Å². The number of nitrogens with zero attached hydrogens (tertiary/aromatic N) is 2. The molecule has 1 atom stereocenters. The molecule has 4 heteroatoms. The van der Waals surface area contributed by atoms with Gasteiger partial charge in [0.25, 0.3) is 5.91 Å². The highest BCUT2D eigenvalue weighted by molar-refractivity contribution is 5.94. The zero-order valence-electron chi connectivity index (χ0n) is 16.1. The van der Waals surface area contributed by atoms with Gasteiger partial charge in [0.15, 0.2) is 0 Å². The van der Waals surface area contributed by atoms with Crippen molar-refractivity contribution in [3.8, 4) is 0 Å². The van der Waals surface area contributed by atoms with Crippen LogP contribution >= 0.6 is 0 Å². The van der Waals surface area contributed by atoms with Crippen molar-refractivity contribution in [3.05, 3.63) is 71.5 Å². The van der Waals surface area contributed by atoms with Gasteiger partial charge in [0.1, 0.15) is 5.82 Å². The maximum Gasteiger partial charge on any atom is 0.253 e. The number of piperidine rings is 1. The molecule has 0 aromatic heterocycles. The molecule has 1 amide bonds. The van der Waals surface area contributed by atoms with Crippen LogP contribution in [-0.2, 0) is 6.42 Å². The lowest BCUT2D eigenvalue weighted by molar-refractivity contribution is 0.0690. The first kappa shape index (κ1) is 19.6. The summed E-state index contributed by atoms with van der Waals surface area (Å²) in [4.78, 5) is 17.2. The highest BCUT2D eigenvalue weighted by atomic mass is 19.1. The third kappa shape index (κ3) is 5.64. The highest BCUT2D eigenvalue weighted by Crippen LogP contribution is 2.19. The summed E-state index contributed by atoms with van der Waals surface area (Å²) < 4.78 is 13.3. The molecular weight excluding hydrogens is 339 g/mol. The number of rotatable bonds is 7. The van der Waals surface area contributed by atoms with Gasteiger partial charge in [0.2, 0.25) is 0 Å². The van der Waals surface area contributed by atoms with E-state index in [4.69, 9.17) is 0 Å². The third-order valence-electron chi connectivity index (χ3n) is 5.38. The van der Waals surface area contributed by atoms with Crippen LogP contribution in [0.15, 0.2) is 54.6 Å². The molecule has 144 valence electrons. The molecule has 0 N–H and O–H groups in total. The fraction of sp³-hybridized carbons (Fsp3) is 0.435. The molecule has 0 radical (unpaired) electrons. The van der Waals surface area contributed by atoms with E-state index in [2.05, 4.69) is 4.90 Å². The fourth-order valence-corrected chi connectivity index (χ4v) is 3.91. The summed E-state index contributed by atoms with van der Waals surface area (Å²) in [6.45, 7) is 6.62. The van der Waals surface area contributed by atoms with Crippen LogP contribution in [-0.4, -0.2) is 48.4 Å². The Hall–Kier alpha value is -2.20. The molecule has 3 rings (SSSR count). The maximum atomic E-state index is 13.3. The minimum atomic E-state index is -0.165. The zero-order chi connectivity index (χ0) is 19.1. The van der Waals surface area contributed by atoms with Crippen LogP contribution in [0.2, 0.25) is 0 Å². The molecule has 0 bridgehead atoms. The SMILES string of the molecule is CCN(C[C@@H]1CCCN(CCc2cccc(F)c2)C1)C(=O)c1ccccc1. The highest BCUT2D eigenvalue weighted by Gasteiger charge is 2.24. The van der Waals surface area contributed by atoms with Gasteiger partial charge in [0.05, 0.1) is 0 Å². The lowest BCUT2D eigenvalue weighted by atomic mass is 9.96. The number of benzene rings is 2. The van der Waals surface area contributed by atoms with Gasteiger partial charge in [-0.3, -0.25) is 4.79 Å². The molecule has 0 aliphatic carbocycles. The summed E-state index contributed by atoms with van der Waals surface area (Å²) >= 11 is 0. The first-order valence-corrected chi connectivity index (χ1v) is 9.97. The van der Waals surface area contributed by atoms with Crippen molar-refractivity contribution in [1.82, 2.24) is 9.80 Å². The smallest absolute Gasteiger partial charge is 0.253 e. The average molecular weight is 368 g/mol. The molecule has 2 aromatic rings. The Morgan fingerprint density at radius 3 is 2.74 bits per heavy atom. The minimum Gasteiger partial charge on any atom is -0.339 e. The number of carbonyl (C=O) groups is 1. The molecule has 0 unspecified atom stereocenters. The summed E-state index contributed by atoms with van der Waals surface area (Å²) in [6.07, 6.45) is 3.19. The van der Waals surface area contributed by atoms with Crippen molar-refractivity contribution < 1.29 is 9.18 Å². The first-order valence-electron chi connectivity index (χ1n) is 9.97. The van der Waals surface area contributed by atoms with Gasteiger partial charge in [-0.25, -0.2) is 4.39 Å². The van der Waals surface area contributed by atoms with Crippen LogP contribution in [0, 0.1) is 11.7 Å². The second-order valence-corrected chi connectivity index (χ2v) is 7.40. The third-order valence-corrected chi connectivity index (χ3v) is 5.38. The predicted octanol–water partition coefficient (Wildman–Crippen LogP) is 4.24. The number of halogens is 1. The first-order chi connectivity index (χ1) is 13.2. The van der Waals surface area contributed by atoms with E-state index in [0.717, 1.165) is 63.1 Å². The topological polar surface area (TPSA) is 23.6 Å². The Balaban J connectivity index is 1.53. The van der Waals surface area contributed by atoms with Crippen molar-refractivity contribution >= 4 is 5.91 Å². The van der Waals surface area contributed by atoms with Crippen LogP contribution in [0.3, 0.4) is 0 Å².